The molecule has 0 bridgehead atoms. The first-order valence-corrected chi connectivity index (χ1v) is 23.0. The summed E-state index contributed by atoms with van der Waals surface area (Å²) < 4.78 is 0. The third-order valence-electron chi connectivity index (χ3n) is 15.3. The Labute approximate surface area is 365 Å². The third-order valence-corrected chi connectivity index (χ3v) is 15.3. The highest BCUT2D eigenvalue weighted by Gasteiger charge is 2.45. The topological polar surface area (TPSA) is 12.0 Å². The zero-order valence-electron chi connectivity index (χ0n) is 37.9. The molecule has 0 aromatic heterocycles. The molecule has 306 valence electrons. The Morgan fingerprint density at radius 3 is 1.89 bits per heavy atom. The van der Waals surface area contributed by atoms with Gasteiger partial charge in [0.25, 0.3) is 0 Å². The molecule has 1 N–H and O–H groups in total. The predicted molar refractivity (Wildman–Crippen MR) is 263 cm³/mol. The van der Waals surface area contributed by atoms with Crippen molar-refractivity contribution in [2.24, 2.45) is 11.8 Å². The lowest BCUT2D eigenvalue weighted by molar-refractivity contribution is 0.684. The predicted octanol–water partition coefficient (Wildman–Crippen LogP) is 15.3. The molecule has 6 aliphatic carbocycles. The van der Waals surface area contributed by atoms with Gasteiger partial charge in [0.05, 0.1) is 0 Å². The van der Waals surface area contributed by atoms with Gasteiger partial charge >= 0.3 is 0 Å². The molecule has 2 atom stereocenters. The van der Waals surface area contributed by atoms with Crippen LogP contribution in [-0.2, 0) is 0 Å². The highest BCUT2D eigenvalue weighted by molar-refractivity contribution is 6.24. The van der Waals surface area contributed by atoms with Gasteiger partial charge in [-0.3, -0.25) is 0 Å². The van der Waals surface area contributed by atoms with Crippen molar-refractivity contribution in [1.29, 1.82) is 0 Å². The Balaban J connectivity index is 1.37. The van der Waals surface area contributed by atoms with Gasteiger partial charge in [-0.15, -0.1) is 0 Å². The number of hydrogen-bond acceptors (Lipinski definition) is 1. The Bertz CT molecular complexity index is 2810. The monoisotopic (exact) mass is 795 g/mol. The van der Waals surface area contributed by atoms with E-state index in [2.05, 4.69) is 171 Å². The first-order chi connectivity index (χ1) is 29.6. The maximum Gasteiger partial charge on any atom is 0.0416 e. The van der Waals surface area contributed by atoms with Crippen molar-refractivity contribution in [3.8, 4) is 0 Å². The average molecular weight is 796 g/mol. The summed E-state index contributed by atoms with van der Waals surface area (Å²) in [5.74, 6) is 0.280. The molecule has 0 amide bonds. The van der Waals surface area contributed by atoms with Gasteiger partial charge in [0.2, 0.25) is 0 Å². The molecule has 0 spiro atoms. The average Bonchev–Trinajstić information content (AvgIpc) is 3.62. The van der Waals surface area contributed by atoms with E-state index in [1.54, 1.807) is 0 Å². The van der Waals surface area contributed by atoms with Gasteiger partial charge in [-0.25, -0.2) is 0 Å². The standard InChI is InChI=1S/C60H61N/c1-10-47-56-50(28-27-48(42-19-13-11-14-20-42)55(56)43-21-15-12-16-22-43)59-57(47)58(53-38(6)34(2)29-35(3)39(53)7)49-26-25-45(52-32-44-23-17-18-24-46(44)33-61-52)31-51(49)60(59)54-40(8)36(4)30-37(5)41(54)9/h10-11,13,15,18-19,21-22,24-32,49,51,61H,12,14,16-17,20,23,33H2,1-9H3/b47-10+. The number of allylic oxidation sites excluding steroid dienone is 20. The Morgan fingerprint density at radius 2 is 1.25 bits per heavy atom. The molecule has 2 unspecified atom stereocenters. The largest absolute Gasteiger partial charge is 0.380 e. The molecule has 61 heavy (non-hydrogen) atoms. The molecular weight excluding hydrogens is 735 g/mol. The highest BCUT2D eigenvalue weighted by atomic mass is 14.9. The van der Waals surface area contributed by atoms with Gasteiger partial charge in [-0.2, -0.15) is 0 Å². The molecule has 0 saturated heterocycles. The summed E-state index contributed by atoms with van der Waals surface area (Å²) in [4.78, 5) is 0. The van der Waals surface area contributed by atoms with E-state index in [-0.39, 0.29) is 11.8 Å². The SMILES string of the molecule is C/C=C1/C2=C(c3c(C)c(C)cc(C)c3C)C3C=CC(C4=CC5=C(C=CCC5)CN4)=CC3C(c3c(C)c(C)cc(C)c3C)=C2c2ccc(C3=CC=CCC3)c(C3=CCCC=C3)c21. The summed E-state index contributed by atoms with van der Waals surface area (Å²) in [6.45, 7) is 22.0. The molecule has 0 saturated carbocycles. The van der Waals surface area contributed by atoms with Crippen molar-refractivity contribution in [3.63, 3.8) is 0 Å². The van der Waals surface area contributed by atoms with Crippen LogP contribution in [0.1, 0.15) is 123 Å². The second-order valence-corrected chi connectivity index (χ2v) is 18.7. The number of fused-ring (bicyclic) bond motifs is 4. The number of benzene rings is 3. The summed E-state index contributed by atoms with van der Waals surface area (Å²) in [5, 5.41) is 3.89. The Kier molecular flexibility index (Phi) is 9.94. The van der Waals surface area contributed by atoms with E-state index >= 15 is 0 Å². The third kappa shape index (κ3) is 6.25. The minimum absolute atomic E-state index is 0.128. The van der Waals surface area contributed by atoms with Gasteiger partial charge in [0.1, 0.15) is 0 Å². The van der Waals surface area contributed by atoms with Crippen LogP contribution in [0.4, 0.5) is 0 Å². The zero-order valence-corrected chi connectivity index (χ0v) is 37.9. The van der Waals surface area contributed by atoms with Crippen LogP contribution in [0.3, 0.4) is 0 Å². The highest BCUT2D eigenvalue weighted by Crippen LogP contribution is 2.63. The molecule has 0 fully saturated rings. The second kappa shape index (κ2) is 15.4. The van der Waals surface area contributed by atoms with Crippen molar-refractivity contribution in [2.45, 2.75) is 101 Å². The van der Waals surface area contributed by atoms with Gasteiger partial charge in [-0.1, -0.05) is 97.2 Å². The molecule has 7 aliphatic rings. The number of nitrogens with one attached hydrogen (secondary N) is 1. The van der Waals surface area contributed by atoms with Crippen LogP contribution in [0.25, 0.3) is 33.4 Å². The lowest BCUT2D eigenvalue weighted by atomic mass is 9.63. The number of dihydropyridines is 1. The quantitative estimate of drug-likeness (QED) is 0.271. The lowest BCUT2D eigenvalue weighted by Crippen LogP contribution is -2.28. The second-order valence-electron chi connectivity index (χ2n) is 18.7. The van der Waals surface area contributed by atoms with E-state index in [4.69, 9.17) is 0 Å². The first kappa shape index (κ1) is 39.5. The van der Waals surface area contributed by atoms with Crippen molar-refractivity contribution in [3.05, 3.63) is 209 Å². The number of aryl methyl sites for hydroxylation is 4. The normalized spacial score (nSPS) is 22.1. The summed E-state index contributed by atoms with van der Waals surface area (Å²) in [5.41, 5.74) is 35.2. The first-order valence-electron chi connectivity index (χ1n) is 23.0. The Morgan fingerprint density at radius 1 is 0.590 bits per heavy atom. The van der Waals surface area contributed by atoms with Crippen molar-refractivity contribution in [1.82, 2.24) is 5.32 Å². The van der Waals surface area contributed by atoms with Crippen molar-refractivity contribution < 1.29 is 0 Å². The molecule has 1 nitrogen and oxygen atoms in total. The molecule has 0 radical (unpaired) electrons. The maximum atomic E-state index is 3.89. The fourth-order valence-corrected chi connectivity index (χ4v) is 11.8. The van der Waals surface area contributed by atoms with Crippen LogP contribution >= 0.6 is 0 Å². The van der Waals surface area contributed by atoms with E-state index in [0.717, 1.165) is 45.1 Å². The van der Waals surface area contributed by atoms with Gasteiger partial charge in [0.15, 0.2) is 0 Å². The van der Waals surface area contributed by atoms with Crippen molar-refractivity contribution in [2.75, 3.05) is 6.54 Å². The molecule has 3 aromatic carbocycles. The zero-order chi connectivity index (χ0) is 42.3. The number of rotatable bonds is 5. The van der Waals surface area contributed by atoms with E-state index in [1.807, 2.05) is 0 Å². The van der Waals surface area contributed by atoms with Crippen LogP contribution in [0, 0.1) is 67.2 Å². The molecule has 3 aromatic rings. The molecule has 1 heteroatoms. The van der Waals surface area contributed by atoms with Crippen LogP contribution in [0.2, 0.25) is 0 Å². The number of hydrogen-bond donors (Lipinski definition) is 1. The molecule has 10 rings (SSSR count). The smallest absolute Gasteiger partial charge is 0.0416 e. The molecular formula is C60H61N. The van der Waals surface area contributed by atoms with E-state index in [1.165, 1.54) is 139 Å². The molecule has 1 heterocycles. The van der Waals surface area contributed by atoms with Gasteiger partial charge in [-0.05, 0) is 241 Å². The maximum absolute atomic E-state index is 3.89. The van der Waals surface area contributed by atoms with Crippen LogP contribution in [-0.4, -0.2) is 6.54 Å². The van der Waals surface area contributed by atoms with Crippen LogP contribution in [0.15, 0.2) is 131 Å². The van der Waals surface area contributed by atoms with E-state index in [9.17, 15) is 0 Å². The lowest BCUT2D eigenvalue weighted by Gasteiger charge is -2.40. The van der Waals surface area contributed by atoms with E-state index in [0.29, 0.717) is 0 Å². The van der Waals surface area contributed by atoms with E-state index < -0.39 is 0 Å². The summed E-state index contributed by atoms with van der Waals surface area (Å²) in [6, 6.07) is 9.83. The van der Waals surface area contributed by atoms with Crippen LogP contribution < -0.4 is 5.32 Å². The minimum atomic E-state index is 0.128. The molecule has 1 aliphatic heterocycles. The van der Waals surface area contributed by atoms with Gasteiger partial charge in [0, 0.05) is 24.1 Å². The van der Waals surface area contributed by atoms with Crippen molar-refractivity contribution >= 4 is 33.4 Å². The van der Waals surface area contributed by atoms with Crippen LogP contribution in [0.5, 0.6) is 0 Å². The minimum Gasteiger partial charge on any atom is -0.380 e. The fourth-order valence-electron chi connectivity index (χ4n) is 11.8. The summed E-state index contributed by atoms with van der Waals surface area (Å²) in [7, 11) is 0. The Hall–Kier alpha value is -5.66. The van der Waals surface area contributed by atoms with Gasteiger partial charge < -0.3 is 5.32 Å². The fraction of sp³-hybridized carbons (Fsp3) is 0.300. The summed E-state index contributed by atoms with van der Waals surface area (Å²) in [6.07, 6.45) is 38.2. The summed E-state index contributed by atoms with van der Waals surface area (Å²) >= 11 is 0.